The van der Waals surface area contributed by atoms with Crippen LogP contribution in [-0.4, -0.2) is 27.3 Å². The molecule has 2 N–H and O–H groups in total. The molecule has 0 spiro atoms. The standard InChI is InChI=1S/C19H21N5O2S/c1-12(2)26-16-10-13(3)7-8-14(16)11-21-18(25)22-19-24-23-17(27-19)15-6-4-5-9-20-15/h4-10,12H,11H2,1-3H3,(H2,21,22,24,25). The Hall–Kier alpha value is -3.00. The van der Waals surface area contributed by atoms with Crippen molar-refractivity contribution in [1.82, 2.24) is 20.5 Å². The van der Waals surface area contributed by atoms with Gasteiger partial charge in [-0.2, -0.15) is 0 Å². The van der Waals surface area contributed by atoms with E-state index < -0.39 is 0 Å². The molecule has 0 saturated carbocycles. The quantitative estimate of drug-likeness (QED) is 0.671. The Morgan fingerprint density at radius 1 is 1.22 bits per heavy atom. The fourth-order valence-electron chi connectivity index (χ4n) is 2.35. The monoisotopic (exact) mass is 383 g/mol. The van der Waals surface area contributed by atoms with Crippen molar-refractivity contribution in [2.75, 3.05) is 5.32 Å². The average molecular weight is 383 g/mol. The maximum absolute atomic E-state index is 12.2. The normalized spacial score (nSPS) is 10.7. The second-order valence-electron chi connectivity index (χ2n) is 6.21. The number of aromatic nitrogens is 3. The molecule has 0 bridgehead atoms. The highest BCUT2D eigenvalue weighted by Gasteiger charge is 2.12. The van der Waals surface area contributed by atoms with E-state index in [4.69, 9.17) is 4.74 Å². The highest BCUT2D eigenvalue weighted by Crippen LogP contribution is 2.24. The van der Waals surface area contributed by atoms with Crippen LogP contribution in [0.25, 0.3) is 10.7 Å². The molecule has 27 heavy (non-hydrogen) atoms. The number of nitrogens with zero attached hydrogens (tertiary/aromatic N) is 3. The number of ether oxygens (including phenoxy) is 1. The highest BCUT2D eigenvalue weighted by atomic mass is 32.1. The molecule has 2 aromatic heterocycles. The number of pyridine rings is 1. The second kappa shape index (κ2) is 8.59. The van der Waals surface area contributed by atoms with E-state index in [1.54, 1.807) is 6.20 Å². The number of hydrogen-bond acceptors (Lipinski definition) is 6. The summed E-state index contributed by atoms with van der Waals surface area (Å²) in [5.41, 5.74) is 2.74. The predicted octanol–water partition coefficient (Wildman–Crippen LogP) is 4.02. The topological polar surface area (TPSA) is 89.0 Å². The maximum Gasteiger partial charge on any atom is 0.321 e. The van der Waals surface area contributed by atoms with Crippen molar-refractivity contribution in [1.29, 1.82) is 0 Å². The first-order valence-electron chi connectivity index (χ1n) is 8.57. The number of nitrogens with one attached hydrogen (secondary N) is 2. The van der Waals surface area contributed by atoms with Crippen molar-refractivity contribution in [3.05, 3.63) is 53.7 Å². The Morgan fingerprint density at radius 3 is 2.81 bits per heavy atom. The third-order valence-electron chi connectivity index (χ3n) is 3.55. The maximum atomic E-state index is 12.2. The summed E-state index contributed by atoms with van der Waals surface area (Å²) >= 11 is 1.27. The van der Waals surface area contributed by atoms with Crippen LogP contribution in [0, 0.1) is 6.92 Å². The van der Waals surface area contributed by atoms with E-state index in [0.717, 1.165) is 22.6 Å². The van der Waals surface area contributed by atoms with Crippen LogP contribution in [0.1, 0.15) is 25.0 Å². The van der Waals surface area contributed by atoms with Crippen LogP contribution < -0.4 is 15.4 Å². The van der Waals surface area contributed by atoms with Crippen molar-refractivity contribution in [3.63, 3.8) is 0 Å². The fourth-order valence-corrected chi connectivity index (χ4v) is 3.07. The lowest BCUT2D eigenvalue weighted by molar-refractivity contribution is 0.238. The van der Waals surface area contributed by atoms with Gasteiger partial charge >= 0.3 is 6.03 Å². The SMILES string of the molecule is Cc1ccc(CNC(=O)Nc2nnc(-c3ccccn3)s2)c(OC(C)C)c1. The van der Waals surface area contributed by atoms with Gasteiger partial charge in [0.2, 0.25) is 5.13 Å². The lowest BCUT2D eigenvalue weighted by atomic mass is 10.1. The van der Waals surface area contributed by atoms with Crippen molar-refractivity contribution < 1.29 is 9.53 Å². The summed E-state index contributed by atoms with van der Waals surface area (Å²) in [5, 5.41) is 14.6. The smallest absolute Gasteiger partial charge is 0.321 e. The molecular weight excluding hydrogens is 362 g/mol. The average Bonchev–Trinajstić information content (AvgIpc) is 3.10. The lowest BCUT2D eigenvalue weighted by Crippen LogP contribution is -2.28. The zero-order chi connectivity index (χ0) is 19.2. The summed E-state index contributed by atoms with van der Waals surface area (Å²) in [6.45, 7) is 6.30. The number of hydrogen-bond donors (Lipinski definition) is 2. The minimum absolute atomic E-state index is 0.0609. The number of rotatable bonds is 6. The lowest BCUT2D eigenvalue weighted by Gasteiger charge is -2.15. The number of anilines is 1. The van der Waals surface area contributed by atoms with Crippen molar-refractivity contribution in [2.24, 2.45) is 0 Å². The summed E-state index contributed by atoms with van der Waals surface area (Å²) in [6, 6.07) is 11.1. The zero-order valence-electron chi connectivity index (χ0n) is 15.4. The molecule has 2 heterocycles. The van der Waals surface area contributed by atoms with Gasteiger partial charge in [-0.3, -0.25) is 10.3 Å². The predicted molar refractivity (Wildman–Crippen MR) is 106 cm³/mol. The first-order valence-corrected chi connectivity index (χ1v) is 9.39. The number of carbonyl (C=O) groups is 1. The number of aryl methyl sites for hydroxylation is 1. The van der Waals surface area contributed by atoms with Gasteiger partial charge in [-0.15, -0.1) is 10.2 Å². The second-order valence-corrected chi connectivity index (χ2v) is 7.19. The first kappa shape index (κ1) is 18.8. The van der Waals surface area contributed by atoms with E-state index in [1.807, 2.05) is 57.2 Å². The van der Waals surface area contributed by atoms with Crippen LogP contribution in [0.2, 0.25) is 0 Å². The molecule has 3 aromatic rings. The molecule has 7 nitrogen and oxygen atoms in total. The van der Waals surface area contributed by atoms with Crippen LogP contribution in [0.15, 0.2) is 42.6 Å². The first-order chi connectivity index (χ1) is 13.0. The van der Waals surface area contributed by atoms with E-state index in [-0.39, 0.29) is 12.1 Å². The molecule has 0 fully saturated rings. The van der Waals surface area contributed by atoms with Gasteiger partial charge in [0, 0.05) is 18.3 Å². The number of urea groups is 1. The Kier molecular flexibility index (Phi) is 5.97. The van der Waals surface area contributed by atoms with Gasteiger partial charge in [0.05, 0.1) is 6.10 Å². The van der Waals surface area contributed by atoms with E-state index in [0.29, 0.717) is 16.7 Å². The fraction of sp³-hybridized carbons (Fsp3) is 0.263. The van der Waals surface area contributed by atoms with E-state index in [2.05, 4.69) is 25.8 Å². The van der Waals surface area contributed by atoms with E-state index in [1.165, 1.54) is 11.3 Å². The largest absolute Gasteiger partial charge is 0.491 e. The summed E-state index contributed by atoms with van der Waals surface area (Å²) in [4.78, 5) is 16.4. The number of carbonyl (C=O) groups excluding carboxylic acids is 1. The van der Waals surface area contributed by atoms with Crippen LogP contribution in [0.3, 0.4) is 0 Å². The van der Waals surface area contributed by atoms with Gasteiger partial charge in [-0.1, -0.05) is 29.5 Å². The van der Waals surface area contributed by atoms with Crippen molar-refractivity contribution in [2.45, 2.75) is 33.4 Å². The van der Waals surface area contributed by atoms with Gasteiger partial charge in [0.1, 0.15) is 11.4 Å². The number of benzene rings is 1. The molecule has 0 saturated heterocycles. The molecular formula is C19H21N5O2S. The van der Waals surface area contributed by atoms with Gasteiger partial charge in [0.15, 0.2) is 5.01 Å². The molecule has 0 aliphatic heterocycles. The molecule has 3 rings (SSSR count). The van der Waals surface area contributed by atoms with Crippen molar-refractivity contribution in [3.8, 4) is 16.5 Å². The molecule has 140 valence electrons. The summed E-state index contributed by atoms with van der Waals surface area (Å²) in [5.74, 6) is 0.777. The van der Waals surface area contributed by atoms with Crippen LogP contribution >= 0.6 is 11.3 Å². The van der Waals surface area contributed by atoms with Gasteiger partial charge in [-0.05, 0) is 44.5 Å². The molecule has 0 atom stereocenters. The molecule has 2 amide bonds. The van der Waals surface area contributed by atoms with Crippen LogP contribution in [0.5, 0.6) is 5.75 Å². The minimum atomic E-state index is -0.352. The van der Waals surface area contributed by atoms with Crippen LogP contribution in [0.4, 0.5) is 9.93 Å². The Labute approximate surface area is 161 Å². The van der Waals surface area contributed by atoms with Crippen LogP contribution in [-0.2, 0) is 6.54 Å². The third-order valence-corrected chi connectivity index (χ3v) is 4.42. The Morgan fingerprint density at radius 2 is 2.07 bits per heavy atom. The van der Waals surface area contributed by atoms with Gasteiger partial charge in [-0.25, -0.2) is 4.79 Å². The Balaban J connectivity index is 1.60. The zero-order valence-corrected chi connectivity index (χ0v) is 16.2. The molecule has 0 unspecified atom stereocenters. The van der Waals surface area contributed by atoms with E-state index >= 15 is 0 Å². The summed E-state index contributed by atoms with van der Waals surface area (Å²) in [7, 11) is 0. The molecule has 0 aliphatic rings. The minimum Gasteiger partial charge on any atom is -0.491 e. The number of amides is 2. The van der Waals surface area contributed by atoms with E-state index in [9.17, 15) is 4.79 Å². The molecule has 0 radical (unpaired) electrons. The molecule has 0 aliphatic carbocycles. The summed E-state index contributed by atoms with van der Waals surface area (Å²) < 4.78 is 5.83. The van der Waals surface area contributed by atoms with Crippen molar-refractivity contribution >= 4 is 22.5 Å². The third kappa shape index (κ3) is 5.24. The molecule has 1 aromatic carbocycles. The Bertz CT molecular complexity index is 911. The highest BCUT2D eigenvalue weighted by molar-refractivity contribution is 7.18. The van der Waals surface area contributed by atoms with Gasteiger partial charge in [0.25, 0.3) is 0 Å². The van der Waals surface area contributed by atoms with Gasteiger partial charge < -0.3 is 10.1 Å². The molecule has 8 heteroatoms. The summed E-state index contributed by atoms with van der Waals surface area (Å²) in [6.07, 6.45) is 1.75.